The van der Waals surface area contributed by atoms with Gasteiger partial charge in [0.15, 0.2) is 0 Å². The van der Waals surface area contributed by atoms with Gasteiger partial charge in [-0.3, -0.25) is 4.79 Å². The highest BCUT2D eigenvalue weighted by molar-refractivity contribution is 5.85. The third kappa shape index (κ3) is 4.99. The first kappa shape index (κ1) is 19.3. The van der Waals surface area contributed by atoms with Crippen LogP contribution < -0.4 is 19.9 Å². The molecule has 0 aromatic heterocycles. The first-order valence-electron chi connectivity index (χ1n) is 6.28. The van der Waals surface area contributed by atoms with Crippen LogP contribution in [-0.2, 0) is 9.53 Å². The fraction of sp³-hybridized carbons (Fsp3) is 0.500. The lowest BCUT2D eigenvalue weighted by molar-refractivity contribution is -0.143. The van der Waals surface area contributed by atoms with Crippen LogP contribution in [0.2, 0.25) is 0 Å². The van der Waals surface area contributed by atoms with Gasteiger partial charge >= 0.3 is 5.97 Å². The Morgan fingerprint density at radius 2 is 1.67 bits per heavy atom. The van der Waals surface area contributed by atoms with Crippen LogP contribution in [0.3, 0.4) is 0 Å². The van der Waals surface area contributed by atoms with Crippen LogP contribution in [-0.4, -0.2) is 33.9 Å². The van der Waals surface area contributed by atoms with Crippen LogP contribution in [0.25, 0.3) is 0 Å². The van der Waals surface area contributed by atoms with Crippen molar-refractivity contribution >= 4 is 18.4 Å². The summed E-state index contributed by atoms with van der Waals surface area (Å²) in [6.45, 7) is 2.07. The van der Waals surface area contributed by atoms with Gasteiger partial charge in [-0.2, -0.15) is 0 Å². The average molecular weight is 320 g/mol. The van der Waals surface area contributed by atoms with Crippen molar-refractivity contribution in [2.75, 3.05) is 27.9 Å². The lowest BCUT2D eigenvalue weighted by atomic mass is 10.0. The molecule has 2 N–H and O–H groups in total. The first-order chi connectivity index (χ1) is 9.57. The van der Waals surface area contributed by atoms with Gasteiger partial charge in [-0.05, 0) is 6.92 Å². The summed E-state index contributed by atoms with van der Waals surface area (Å²) in [6.07, 6.45) is 0.0485. The van der Waals surface area contributed by atoms with Crippen LogP contribution in [0, 0.1) is 0 Å². The van der Waals surface area contributed by atoms with Gasteiger partial charge in [-0.1, -0.05) is 0 Å². The normalized spacial score (nSPS) is 11.1. The number of hydrogen-bond donors (Lipinski definition) is 1. The van der Waals surface area contributed by atoms with Gasteiger partial charge in [-0.25, -0.2) is 0 Å². The number of benzene rings is 1. The van der Waals surface area contributed by atoms with Crippen molar-refractivity contribution in [2.45, 2.75) is 19.4 Å². The molecule has 0 aliphatic carbocycles. The summed E-state index contributed by atoms with van der Waals surface area (Å²) in [5.41, 5.74) is 6.68. The predicted molar refractivity (Wildman–Crippen MR) is 81.5 cm³/mol. The zero-order valence-corrected chi connectivity index (χ0v) is 13.5. The van der Waals surface area contributed by atoms with E-state index in [-0.39, 0.29) is 24.8 Å². The third-order valence-electron chi connectivity index (χ3n) is 2.82. The Morgan fingerprint density at radius 1 is 1.14 bits per heavy atom. The number of methoxy groups -OCH3 is 3. The van der Waals surface area contributed by atoms with Crippen LogP contribution in [0.15, 0.2) is 12.1 Å². The van der Waals surface area contributed by atoms with Gasteiger partial charge < -0.3 is 24.7 Å². The minimum atomic E-state index is -0.579. The number of carbonyl (C=O) groups excluding carboxylic acids is 1. The van der Waals surface area contributed by atoms with E-state index in [0.29, 0.717) is 29.4 Å². The van der Waals surface area contributed by atoms with Crippen molar-refractivity contribution in [1.29, 1.82) is 0 Å². The number of ether oxygens (including phenoxy) is 4. The molecule has 1 rings (SSSR count). The zero-order valence-electron chi connectivity index (χ0n) is 12.7. The molecule has 0 fully saturated rings. The van der Waals surface area contributed by atoms with Crippen molar-refractivity contribution in [2.24, 2.45) is 5.73 Å². The van der Waals surface area contributed by atoms with E-state index in [4.69, 9.17) is 24.7 Å². The summed E-state index contributed by atoms with van der Waals surface area (Å²) < 4.78 is 20.7. The van der Waals surface area contributed by atoms with Crippen molar-refractivity contribution in [3.05, 3.63) is 17.7 Å². The minimum absolute atomic E-state index is 0. The molecule has 6 nitrogen and oxygen atoms in total. The van der Waals surface area contributed by atoms with Crippen molar-refractivity contribution in [1.82, 2.24) is 0 Å². The molecule has 1 atom stereocenters. The van der Waals surface area contributed by atoms with E-state index in [1.807, 2.05) is 0 Å². The van der Waals surface area contributed by atoms with Gasteiger partial charge in [0.25, 0.3) is 0 Å². The summed E-state index contributed by atoms with van der Waals surface area (Å²) in [7, 11) is 4.59. The van der Waals surface area contributed by atoms with Gasteiger partial charge in [0.05, 0.1) is 39.9 Å². The molecule has 0 radical (unpaired) electrons. The topological polar surface area (TPSA) is 80.0 Å². The molecule has 1 aromatic rings. The molecule has 0 saturated heterocycles. The van der Waals surface area contributed by atoms with E-state index >= 15 is 0 Å². The molecule has 0 aliphatic heterocycles. The number of carbonyl (C=O) groups is 1. The molecular weight excluding hydrogens is 298 g/mol. The molecule has 21 heavy (non-hydrogen) atoms. The molecule has 0 saturated carbocycles. The van der Waals surface area contributed by atoms with Crippen molar-refractivity contribution in [3.8, 4) is 17.2 Å². The molecule has 0 heterocycles. The fourth-order valence-corrected chi connectivity index (χ4v) is 1.90. The molecule has 0 unspecified atom stereocenters. The Bertz CT molecular complexity index is 442. The molecule has 1 aromatic carbocycles. The summed E-state index contributed by atoms with van der Waals surface area (Å²) in [6, 6.07) is 2.82. The molecule has 120 valence electrons. The number of hydrogen-bond acceptors (Lipinski definition) is 6. The van der Waals surface area contributed by atoms with Gasteiger partial charge in [0, 0.05) is 18.2 Å². The Hall–Kier alpha value is -1.66. The molecule has 0 bridgehead atoms. The second-order valence-electron chi connectivity index (χ2n) is 4.06. The molecule has 0 aliphatic rings. The highest BCUT2D eigenvalue weighted by Gasteiger charge is 2.22. The van der Waals surface area contributed by atoms with Crippen molar-refractivity contribution < 1.29 is 23.7 Å². The van der Waals surface area contributed by atoms with E-state index < -0.39 is 6.04 Å². The monoisotopic (exact) mass is 319 g/mol. The predicted octanol–water partition coefficient (Wildman–Crippen LogP) is 2.09. The van der Waals surface area contributed by atoms with E-state index in [9.17, 15) is 4.79 Å². The summed E-state index contributed by atoms with van der Waals surface area (Å²) >= 11 is 0. The minimum Gasteiger partial charge on any atom is -0.496 e. The van der Waals surface area contributed by atoms with Crippen LogP contribution in [0.1, 0.15) is 24.9 Å². The first-order valence-corrected chi connectivity index (χ1v) is 6.28. The SMILES string of the molecule is CCOC(=O)C[C@H](N)c1c(OC)cc(OC)cc1OC.Cl. The Morgan fingerprint density at radius 3 is 2.05 bits per heavy atom. The Labute approximate surface area is 130 Å². The lowest BCUT2D eigenvalue weighted by Gasteiger charge is -2.19. The molecule has 7 heteroatoms. The standard InChI is InChI=1S/C14H21NO5.ClH/c1-5-20-13(16)8-10(15)14-11(18-3)6-9(17-2)7-12(14)19-4;/h6-7,10H,5,8,15H2,1-4H3;1H/t10-;/m0./s1. The van der Waals surface area contributed by atoms with E-state index in [2.05, 4.69) is 0 Å². The molecular formula is C14H22ClNO5. The summed E-state index contributed by atoms with van der Waals surface area (Å²) in [4.78, 5) is 11.5. The maximum absolute atomic E-state index is 11.5. The highest BCUT2D eigenvalue weighted by atomic mass is 35.5. The van der Waals surface area contributed by atoms with Gasteiger partial charge in [0.1, 0.15) is 17.2 Å². The van der Waals surface area contributed by atoms with E-state index in [0.717, 1.165) is 0 Å². The van der Waals surface area contributed by atoms with Gasteiger partial charge in [0.2, 0.25) is 0 Å². The summed E-state index contributed by atoms with van der Waals surface area (Å²) in [5, 5.41) is 0. The Kier molecular flexibility index (Phi) is 8.57. The van der Waals surface area contributed by atoms with Crippen molar-refractivity contribution in [3.63, 3.8) is 0 Å². The average Bonchev–Trinajstić information content (AvgIpc) is 2.45. The molecule has 0 amide bonds. The number of esters is 1. The quantitative estimate of drug-likeness (QED) is 0.775. The third-order valence-corrected chi connectivity index (χ3v) is 2.82. The summed E-state index contributed by atoms with van der Waals surface area (Å²) in [5.74, 6) is 1.25. The lowest BCUT2D eigenvalue weighted by Crippen LogP contribution is -2.18. The number of rotatable bonds is 7. The van der Waals surface area contributed by atoms with E-state index in [1.165, 1.54) is 14.2 Å². The second kappa shape index (κ2) is 9.31. The number of halogens is 1. The highest BCUT2D eigenvalue weighted by Crippen LogP contribution is 2.38. The van der Waals surface area contributed by atoms with Crippen LogP contribution in [0.4, 0.5) is 0 Å². The fourth-order valence-electron chi connectivity index (χ4n) is 1.90. The van der Waals surface area contributed by atoms with E-state index in [1.54, 1.807) is 26.2 Å². The second-order valence-corrected chi connectivity index (χ2v) is 4.06. The van der Waals surface area contributed by atoms with Crippen LogP contribution in [0.5, 0.6) is 17.2 Å². The van der Waals surface area contributed by atoms with Crippen LogP contribution >= 0.6 is 12.4 Å². The van der Waals surface area contributed by atoms with Gasteiger partial charge in [-0.15, -0.1) is 12.4 Å². The largest absolute Gasteiger partial charge is 0.496 e. The maximum atomic E-state index is 11.5. The molecule has 0 spiro atoms. The maximum Gasteiger partial charge on any atom is 0.307 e. The number of nitrogens with two attached hydrogens (primary N) is 1. The smallest absolute Gasteiger partial charge is 0.307 e. The Balaban J connectivity index is 0.00000400. The zero-order chi connectivity index (χ0) is 15.1.